The maximum absolute atomic E-state index is 3.03. The summed E-state index contributed by atoms with van der Waals surface area (Å²) in [5.74, 6) is 0.639. The van der Waals surface area contributed by atoms with Crippen LogP contribution in [0.2, 0.25) is 12.5 Å². The quantitative estimate of drug-likeness (QED) is 0.339. The molecule has 0 fully saturated rings. The van der Waals surface area contributed by atoms with Gasteiger partial charge in [0.1, 0.15) is 0 Å². The van der Waals surface area contributed by atoms with Crippen molar-refractivity contribution in [1.82, 2.24) is 0 Å². The van der Waals surface area contributed by atoms with E-state index in [1.54, 1.807) is 39.0 Å². The topological polar surface area (TPSA) is 0 Å². The number of hydrogen-bond donors (Lipinski definition) is 0. The average Bonchev–Trinajstić information content (AvgIpc) is 3.30. The Morgan fingerprint density at radius 3 is 1.96 bits per heavy atom. The van der Waals surface area contributed by atoms with Crippen LogP contribution < -0.4 is 0 Å². The van der Waals surface area contributed by atoms with Gasteiger partial charge >= 0.3 is 178 Å². The van der Waals surface area contributed by atoms with Crippen molar-refractivity contribution in [3.05, 3.63) is 62.8 Å². The van der Waals surface area contributed by atoms with Crippen molar-refractivity contribution in [2.75, 3.05) is 0 Å². The van der Waals surface area contributed by atoms with Gasteiger partial charge in [0.05, 0.1) is 0 Å². The Kier molecular flexibility index (Phi) is 4.70. The van der Waals surface area contributed by atoms with Crippen LogP contribution in [0, 0.1) is 5.92 Å². The van der Waals surface area contributed by atoms with Crippen LogP contribution in [-0.4, -0.2) is 0 Å². The van der Waals surface area contributed by atoms with E-state index in [2.05, 4.69) is 82.1 Å². The Morgan fingerprint density at radius 2 is 1.43 bits per heavy atom. The van der Waals surface area contributed by atoms with Crippen LogP contribution in [0.3, 0.4) is 0 Å². The third-order valence-electron chi connectivity index (χ3n) is 9.62. The predicted molar refractivity (Wildman–Crippen MR) is 121 cm³/mol. The van der Waals surface area contributed by atoms with Crippen LogP contribution >= 0.6 is 0 Å². The predicted octanol–water partition coefficient (Wildman–Crippen LogP) is 8.17. The summed E-state index contributed by atoms with van der Waals surface area (Å²) in [5.41, 5.74) is 12.9. The molecule has 1 aromatic carbocycles. The van der Waals surface area contributed by atoms with Gasteiger partial charge in [-0.25, -0.2) is 0 Å². The van der Waals surface area contributed by atoms with Crippen LogP contribution in [0.5, 0.6) is 0 Å². The van der Waals surface area contributed by atoms with Gasteiger partial charge in [0.25, 0.3) is 0 Å². The molecule has 1 heteroatoms. The Morgan fingerprint density at radius 1 is 0.893 bits per heavy atom. The van der Waals surface area contributed by atoms with E-state index in [1.807, 2.05) is 0 Å². The first-order valence-corrected chi connectivity index (χ1v) is 22.0. The number of aryl methyl sites for hydroxylation is 2. The van der Waals surface area contributed by atoms with Crippen molar-refractivity contribution in [2.45, 2.75) is 83.4 Å². The van der Waals surface area contributed by atoms with E-state index in [-0.39, 0.29) is 6.34 Å². The van der Waals surface area contributed by atoms with Crippen LogP contribution in [0.15, 0.2) is 40.5 Å². The normalized spacial score (nSPS) is 25.9. The molecule has 4 rings (SSSR count). The first kappa shape index (κ1) is 20.6. The molecule has 0 saturated heterocycles. The zero-order valence-corrected chi connectivity index (χ0v) is 23.1. The second-order valence-electron chi connectivity index (χ2n) is 10.7. The first-order chi connectivity index (χ1) is 13.0. The summed E-state index contributed by atoms with van der Waals surface area (Å²) in [6.45, 7) is 17.2. The van der Waals surface area contributed by atoms with Crippen molar-refractivity contribution >= 4 is 6.08 Å². The maximum atomic E-state index is 2.76. The SMILES string of the molecule is CC1=C(C)[C](C)([Hf]([CH3])([CH3])[C]2(C(C)C)C=Cc3cc4c(cc32)CCC4)C(C)=C1C. The molecule has 28 heavy (non-hydrogen) atoms. The summed E-state index contributed by atoms with van der Waals surface area (Å²) < 4.78 is 6.08. The zero-order valence-electron chi connectivity index (χ0n) is 19.5. The second kappa shape index (κ2) is 6.40. The van der Waals surface area contributed by atoms with Gasteiger partial charge in [-0.3, -0.25) is 0 Å². The molecule has 0 nitrogen and oxygen atoms in total. The van der Waals surface area contributed by atoms with Crippen molar-refractivity contribution in [3.63, 3.8) is 0 Å². The fourth-order valence-corrected chi connectivity index (χ4v) is 28.4. The molecule has 0 N–H and O–H groups in total. The van der Waals surface area contributed by atoms with Crippen molar-refractivity contribution in [3.8, 4) is 0 Å². The van der Waals surface area contributed by atoms with Gasteiger partial charge in [0.2, 0.25) is 0 Å². The molecule has 1 atom stereocenters. The Balaban J connectivity index is 1.98. The molecule has 0 amide bonds. The molecule has 0 spiro atoms. The fourth-order valence-electron chi connectivity index (χ4n) is 7.17. The summed E-state index contributed by atoms with van der Waals surface area (Å²) >= 11 is -3.03. The van der Waals surface area contributed by atoms with Crippen LogP contribution in [0.25, 0.3) is 6.08 Å². The van der Waals surface area contributed by atoms with Gasteiger partial charge in [-0.15, -0.1) is 0 Å². The van der Waals surface area contributed by atoms with E-state index in [4.69, 9.17) is 0 Å². The van der Waals surface area contributed by atoms with E-state index >= 15 is 0 Å². The summed E-state index contributed by atoms with van der Waals surface area (Å²) in [7, 11) is 0. The number of fused-ring (bicyclic) bond motifs is 2. The molecule has 0 radical (unpaired) electrons. The molecule has 0 bridgehead atoms. The molecular weight excluding hydrogens is 503 g/mol. The Bertz CT molecular complexity index is 927. The first-order valence-electron chi connectivity index (χ1n) is 11.2. The Hall–Kier alpha value is -0.690. The van der Waals surface area contributed by atoms with Crippen molar-refractivity contribution in [1.29, 1.82) is 0 Å². The third kappa shape index (κ3) is 2.26. The van der Waals surface area contributed by atoms with Gasteiger partial charge in [0.15, 0.2) is 0 Å². The molecule has 3 aliphatic rings. The van der Waals surface area contributed by atoms with Gasteiger partial charge < -0.3 is 0 Å². The molecular formula is C27H38Hf. The molecule has 0 saturated carbocycles. The zero-order chi connectivity index (χ0) is 20.6. The summed E-state index contributed by atoms with van der Waals surface area (Å²) in [6, 6.07) is 5.19. The summed E-state index contributed by atoms with van der Waals surface area (Å²) in [4.78, 5) is 0. The summed E-state index contributed by atoms with van der Waals surface area (Å²) in [5, 5.41) is 0. The minimum atomic E-state index is -3.03. The number of hydrogen-bond acceptors (Lipinski definition) is 0. The van der Waals surface area contributed by atoms with Crippen LogP contribution in [0.4, 0.5) is 0 Å². The van der Waals surface area contributed by atoms with Crippen LogP contribution in [-0.2, 0) is 36.0 Å². The van der Waals surface area contributed by atoms with E-state index in [0.29, 0.717) is 5.92 Å². The molecule has 0 heterocycles. The van der Waals surface area contributed by atoms with Gasteiger partial charge in [-0.2, -0.15) is 0 Å². The molecule has 150 valence electrons. The van der Waals surface area contributed by atoms with E-state index in [1.165, 1.54) is 24.8 Å². The van der Waals surface area contributed by atoms with Gasteiger partial charge in [-0.05, 0) is 0 Å². The number of benzene rings is 1. The van der Waals surface area contributed by atoms with Crippen LogP contribution in [0.1, 0.15) is 77.1 Å². The van der Waals surface area contributed by atoms with Crippen molar-refractivity contribution in [2.24, 2.45) is 5.92 Å². The second-order valence-corrected chi connectivity index (χ2v) is 28.9. The van der Waals surface area contributed by atoms with E-state index in [9.17, 15) is 0 Å². The van der Waals surface area contributed by atoms with Gasteiger partial charge in [0, 0.05) is 0 Å². The molecule has 0 aliphatic heterocycles. The van der Waals surface area contributed by atoms with Gasteiger partial charge in [-0.1, -0.05) is 0 Å². The van der Waals surface area contributed by atoms with E-state index in [0.717, 1.165) is 0 Å². The number of allylic oxidation sites excluding steroid dienone is 5. The monoisotopic (exact) mass is 542 g/mol. The third-order valence-corrected chi connectivity index (χ3v) is 32.4. The average molecular weight is 541 g/mol. The Labute approximate surface area is 177 Å². The molecule has 3 aliphatic carbocycles. The molecule has 1 aromatic rings. The number of rotatable bonds is 3. The summed E-state index contributed by atoms with van der Waals surface area (Å²) in [6.07, 6.45) is 9.06. The molecule has 1 unspecified atom stereocenters. The fraction of sp³-hybridized carbons (Fsp3) is 0.556. The minimum absolute atomic E-state index is 0.266. The van der Waals surface area contributed by atoms with Crippen molar-refractivity contribution < 1.29 is 20.0 Å². The molecule has 0 aromatic heterocycles. The van der Waals surface area contributed by atoms with E-state index < -0.39 is 20.0 Å². The standard InChI is InChI=1S/C15H17.C10H15.2CH3.Hf/c1-10(2)14-7-6-13-8-11-4-3-5-12(11)9-15(13)14;1-6-7(2)9(4)10(5)8(6)3;;;/h6-10H,3-5H2,1-2H3;1-5H3;2*1H3;.